The number of methoxy groups -OCH3 is 1. The van der Waals surface area contributed by atoms with Crippen LogP contribution in [0.15, 0.2) is 0 Å². The van der Waals surface area contributed by atoms with Crippen LogP contribution < -0.4 is 5.32 Å². The number of ether oxygens (including phenoxy) is 1. The van der Waals surface area contributed by atoms with Crippen molar-refractivity contribution in [3.63, 3.8) is 0 Å². The molecule has 0 bridgehead atoms. The van der Waals surface area contributed by atoms with Gasteiger partial charge in [-0.2, -0.15) is 0 Å². The molecular formula is C14H28N2O. The Balaban J connectivity index is 1.86. The van der Waals surface area contributed by atoms with Gasteiger partial charge < -0.3 is 10.1 Å². The number of nitrogens with one attached hydrogen (secondary N) is 1. The van der Waals surface area contributed by atoms with Gasteiger partial charge >= 0.3 is 0 Å². The molecule has 1 spiro atoms. The van der Waals surface area contributed by atoms with Crippen molar-refractivity contribution in [1.82, 2.24) is 10.2 Å². The van der Waals surface area contributed by atoms with Crippen LogP contribution in [-0.4, -0.2) is 50.8 Å². The van der Waals surface area contributed by atoms with Gasteiger partial charge in [-0.3, -0.25) is 4.90 Å². The zero-order valence-electron chi connectivity index (χ0n) is 11.5. The summed E-state index contributed by atoms with van der Waals surface area (Å²) in [6, 6.07) is 0.569. The van der Waals surface area contributed by atoms with E-state index in [1.807, 2.05) is 7.11 Å². The quantitative estimate of drug-likeness (QED) is 0.767. The third kappa shape index (κ3) is 3.21. The molecule has 2 fully saturated rings. The van der Waals surface area contributed by atoms with Gasteiger partial charge in [0.25, 0.3) is 0 Å². The highest BCUT2D eigenvalue weighted by atomic mass is 16.5. The van der Waals surface area contributed by atoms with E-state index in [-0.39, 0.29) is 0 Å². The van der Waals surface area contributed by atoms with E-state index in [4.69, 9.17) is 4.74 Å². The highest BCUT2D eigenvalue weighted by molar-refractivity contribution is 4.95. The minimum Gasteiger partial charge on any atom is -0.383 e. The second-order valence-electron chi connectivity index (χ2n) is 5.84. The van der Waals surface area contributed by atoms with E-state index in [9.17, 15) is 0 Å². The van der Waals surface area contributed by atoms with E-state index in [1.165, 1.54) is 45.2 Å². The third-order valence-corrected chi connectivity index (χ3v) is 4.64. The van der Waals surface area contributed by atoms with Crippen molar-refractivity contribution < 1.29 is 4.74 Å². The predicted octanol–water partition coefficient (Wildman–Crippen LogP) is 1.88. The Labute approximate surface area is 106 Å². The molecule has 1 saturated carbocycles. The summed E-state index contributed by atoms with van der Waals surface area (Å²) >= 11 is 0. The number of likely N-dealkylation sites (tertiary alicyclic amines) is 1. The molecule has 0 amide bonds. The Bertz CT molecular complexity index is 226. The zero-order valence-corrected chi connectivity index (χ0v) is 11.5. The first-order valence-electron chi connectivity index (χ1n) is 7.23. The number of hydrogen-bond acceptors (Lipinski definition) is 3. The first-order valence-corrected chi connectivity index (χ1v) is 7.23. The van der Waals surface area contributed by atoms with Crippen LogP contribution in [0.25, 0.3) is 0 Å². The van der Waals surface area contributed by atoms with Crippen LogP contribution >= 0.6 is 0 Å². The maximum absolute atomic E-state index is 5.38. The SMILES string of the molecule is CCNCC(COC)N1CCC2(CCCC2)C1. The van der Waals surface area contributed by atoms with E-state index in [2.05, 4.69) is 17.1 Å². The molecule has 0 radical (unpaired) electrons. The van der Waals surface area contributed by atoms with Crippen LogP contribution in [0.2, 0.25) is 0 Å². The lowest BCUT2D eigenvalue weighted by Crippen LogP contribution is -2.44. The summed E-state index contributed by atoms with van der Waals surface area (Å²) in [5, 5.41) is 3.47. The number of likely N-dealkylation sites (N-methyl/N-ethyl adjacent to an activating group) is 1. The van der Waals surface area contributed by atoms with Gasteiger partial charge in [0.2, 0.25) is 0 Å². The molecule has 0 aromatic carbocycles. The lowest BCUT2D eigenvalue weighted by molar-refractivity contribution is 0.0961. The minimum atomic E-state index is 0.569. The molecule has 17 heavy (non-hydrogen) atoms. The molecule has 1 unspecified atom stereocenters. The molecule has 1 aliphatic carbocycles. The maximum atomic E-state index is 5.38. The summed E-state index contributed by atoms with van der Waals surface area (Å²) < 4.78 is 5.38. The van der Waals surface area contributed by atoms with Gasteiger partial charge in [0.1, 0.15) is 0 Å². The fraction of sp³-hybridized carbons (Fsp3) is 1.00. The van der Waals surface area contributed by atoms with Gasteiger partial charge in [-0.05, 0) is 37.8 Å². The molecule has 1 N–H and O–H groups in total. The van der Waals surface area contributed by atoms with Gasteiger partial charge in [0, 0.05) is 26.2 Å². The van der Waals surface area contributed by atoms with Gasteiger partial charge in [-0.1, -0.05) is 19.8 Å². The molecule has 1 heterocycles. The largest absolute Gasteiger partial charge is 0.383 e. The fourth-order valence-electron chi connectivity index (χ4n) is 3.61. The van der Waals surface area contributed by atoms with Gasteiger partial charge in [0.15, 0.2) is 0 Å². The highest BCUT2D eigenvalue weighted by Crippen LogP contribution is 2.45. The zero-order chi connectivity index (χ0) is 12.1. The lowest BCUT2D eigenvalue weighted by Gasteiger charge is -2.30. The van der Waals surface area contributed by atoms with Gasteiger partial charge in [-0.25, -0.2) is 0 Å². The molecule has 3 nitrogen and oxygen atoms in total. The van der Waals surface area contributed by atoms with Crippen molar-refractivity contribution in [2.75, 3.05) is 39.9 Å². The molecule has 2 rings (SSSR count). The Morgan fingerprint density at radius 1 is 1.29 bits per heavy atom. The van der Waals surface area contributed by atoms with Crippen LogP contribution in [-0.2, 0) is 4.74 Å². The van der Waals surface area contributed by atoms with Crippen molar-refractivity contribution in [1.29, 1.82) is 0 Å². The Morgan fingerprint density at radius 3 is 2.71 bits per heavy atom. The van der Waals surface area contributed by atoms with Crippen molar-refractivity contribution >= 4 is 0 Å². The summed E-state index contributed by atoms with van der Waals surface area (Å²) in [4.78, 5) is 2.66. The lowest BCUT2D eigenvalue weighted by atomic mass is 9.86. The number of hydrogen-bond donors (Lipinski definition) is 1. The van der Waals surface area contributed by atoms with Crippen molar-refractivity contribution in [3.8, 4) is 0 Å². The Kier molecular flexibility index (Phi) is 4.83. The first-order chi connectivity index (χ1) is 8.29. The molecule has 2 aliphatic rings. The van der Waals surface area contributed by atoms with Crippen LogP contribution in [0, 0.1) is 5.41 Å². The smallest absolute Gasteiger partial charge is 0.0630 e. The molecular weight excluding hydrogens is 212 g/mol. The molecule has 1 saturated heterocycles. The third-order valence-electron chi connectivity index (χ3n) is 4.64. The molecule has 0 aromatic heterocycles. The average Bonchev–Trinajstić information content (AvgIpc) is 2.96. The van der Waals surface area contributed by atoms with Crippen LogP contribution in [0.5, 0.6) is 0 Å². The number of nitrogens with zero attached hydrogens (tertiary/aromatic N) is 1. The maximum Gasteiger partial charge on any atom is 0.0630 e. The molecule has 0 aromatic rings. The van der Waals surface area contributed by atoms with Crippen molar-refractivity contribution in [3.05, 3.63) is 0 Å². The van der Waals surface area contributed by atoms with Gasteiger partial charge in [0.05, 0.1) is 6.61 Å². The normalized spacial score (nSPS) is 25.8. The second kappa shape index (κ2) is 6.17. The van der Waals surface area contributed by atoms with E-state index in [0.29, 0.717) is 11.5 Å². The summed E-state index contributed by atoms with van der Waals surface area (Å²) in [5.74, 6) is 0. The molecule has 1 aliphatic heterocycles. The van der Waals surface area contributed by atoms with E-state index in [1.54, 1.807) is 0 Å². The summed E-state index contributed by atoms with van der Waals surface area (Å²) in [6.45, 7) is 7.75. The van der Waals surface area contributed by atoms with Crippen LogP contribution in [0.1, 0.15) is 39.0 Å². The topological polar surface area (TPSA) is 24.5 Å². The molecule has 3 heteroatoms. The average molecular weight is 240 g/mol. The summed E-state index contributed by atoms with van der Waals surface area (Å²) in [5.41, 5.74) is 0.679. The highest BCUT2D eigenvalue weighted by Gasteiger charge is 2.41. The van der Waals surface area contributed by atoms with E-state index < -0.39 is 0 Å². The first kappa shape index (κ1) is 13.3. The van der Waals surface area contributed by atoms with Crippen LogP contribution in [0.4, 0.5) is 0 Å². The fourth-order valence-corrected chi connectivity index (χ4v) is 3.61. The van der Waals surface area contributed by atoms with Crippen LogP contribution in [0.3, 0.4) is 0 Å². The minimum absolute atomic E-state index is 0.569. The summed E-state index contributed by atoms with van der Waals surface area (Å²) in [7, 11) is 1.82. The molecule has 100 valence electrons. The second-order valence-corrected chi connectivity index (χ2v) is 5.84. The van der Waals surface area contributed by atoms with E-state index in [0.717, 1.165) is 19.7 Å². The van der Waals surface area contributed by atoms with Gasteiger partial charge in [-0.15, -0.1) is 0 Å². The standard InChI is InChI=1S/C14H28N2O/c1-3-15-10-13(11-17-2)16-9-8-14(12-16)6-4-5-7-14/h13,15H,3-12H2,1-2H3. The number of rotatable bonds is 6. The Hall–Kier alpha value is -0.120. The summed E-state index contributed by atoms with van der Waals surface area (Å²) in [6.07, 6.45) is 7.25. The van der Waals surface area contributed by atoms with E-state index >= 15 is 0 Å². The predicted molar refractivity (Wildman–Crippen MR) is 71.3 cm³/mol. The van der Waals surface area contributed by atoms with Crippen molar-refractivity contribution in [2.24, 2.45) is 5.41 Å². The Morgan fingerprint density at radius 2 is 2.06 bits per heavy atom. The van der Waals surface area contributed by atoms with Crippen molar-refractivity contribution in [2.45, 2.75) is 45.1 Å². The molecule has 1 atom stereocenters. The monoisotopic (exact) mass is 240 g/mol.